The molecule has 0 aromatic carbocycles. The Morgan fingerprint density at radius 1 is 0.409 bits per heavy atom. The first-order chi connectivity index (χ1) is 9.15. The molecule has 22 heavy (non-hydrogen) atoms. The Kier molecular flexibility index (Phi) is 4.74. The Morgan fingerprint density at radius 2 is 0.591 bits per heavy atom. The monoisotopic (exact) mass is 370 g/mol. The largest absolute Gasteiger partial charge is 0.459 e. The van der Waals surface area contributed by atoms with Crippen LogP contribution in [-0.4, -0.2) is 42.2 Å². The molecule has 0 N–H and O–H groups in total. The van der Waals surface area contributed by atoms with Crippen LogP contribution in [0.3, 0.4) is 0 Å². The first-order valence-corrected chi connectivity index (χ1v) is 4.44. The zero-order chi connectivity index (χ0) is 18.6. The zero-order valence-corrected chi connectivity index (χ0v) is 9.25. The molecule has 0 aromatic heterocycles. The number of hydrogen-bond donors (Lipinski definition) is 0. The molecule has 0 aliphatic carbocycles. The third-order valence-corrected chi connectivity index (χ3v) is 2.19. The van der Waals surface area contributed by atoms with Gasteiger partial charge in [0.1, 0.15) is 0 Å². The first-order valence-electron chi connectivity index (χ1n) is 4.44. The minimum Gasteiger partial charge on any atom is -0.234 e. The van der Waals surface area contributed by atoms with E-state index in [0.29, 0.717) is 0 Å². The van der Waals surface area contributed by atoms with Crippen molar-refractivity contribution in [3.05, 3.63) is 0 Å². The van der Waals surface area contributed by atoms with Gasteiger partial charge in [0.15, 0.2) is 0 Å². The second-order valence-corrected chi connectivity index (χ2v) is 3.75. The van der Waals surface area contributed by atoms with Crippen molar-refractivity contribution in [2.75, 3.05) is 0 Å². The molecule has 0 saturated carbocycles. The molecule has 0 amide bonds. The molecule has 0 atom stereocenters. The standard InChI is InChI=1S/C7HF15/c8-1(2(9,10)4(13,14)6(17,18)19)3(11,12)5(15,16)7(20,21)22/h1H. The van der Waals surface area contributed by atoms with Gasteiger partial charge in [0.05, 0.1) is 0 Å². The third-order valence-electron chi connectivity index (χ3n) is 2.19. The summed E-state index contributed by atoms with van der Waals surface area (Å²) in [6, 6.07) is 0. The lowest BCUT2D eigenvalue weighted by atomic mass is 9.96. The highest BCUT2D eigenvalue weighted by Crippen LogP contribution is 2.56. The number of alkyl halides is 15. The van der Waals surface area contributed by atoms with E-state index in [0.717, 1.165) is 0 Å². The van der Waals surface area contributed by atoms with Crippen molar-refractivity contribution in [2.24, 2.45) is 0 Å². The molecule has 15 heteroatoms. The van der Waals surface area contributed by atoms with Gasteiger partial charge in [0, 0.05) is 0 Å². The molecule has 0 aliphatic heterocycles. The maximum Gasteiger partial charge on any atom is 0.459 e. The van der Waals surface area contributed by atoms with Crippen LogP contribution in [0.2, 0.25) is 0 Å². The number of rotatable bonds is 4. The summed E-state index contributed by atoms with van der Waals surface area (Å²) >= 11 is 0. The summed E-state index contributed by atoms with van der Waals surface area (Å²) < 4.78 is 181. The van der Waals surface area contributed by atoms with Gasteiger partial charge in [-0.15, -0.1) is 0 Å². The minimum atomic E-state index is -7.63. The molecule has 0 bridgehead atoms. The second kappa shape index (κ2) is 4.97. The van der Waals surface area contributed by atoms with E-state index in [-0.39, 0.29) is 0 Å². The van der Waals surface area contributed by atoms with Crippen LogP contribution >= 0.6 is 0 Å². The summed E-state index contributed by atoms with van der Waals surface area (Å²) in [7, 11) is 0. The Morgan fingerprint density at radius 3 is 0.727 bits per heavy atom. The average molecular weight is 370 g/mol. The Balaban J connectivity index is 6.00. The molecule has 0 spiro atoms. The molecule has 134 valence electrons. The van der Waals surface area contributed by atoms with Gasteiger partial charge in [0.2, 0.25) is 6.17 Å². The molecule has 0 radical (unpaired) electrons. The normalized spacial score (nSPS) is 16.4. The van der Waals surface area contributed by atoms with E-state index < -0.39 is 42.2 Å². The van der Waals surface area contributed by atoms with Gasteiger partial charge in [-0.25, -0.2) is 4.39 Å². The van der Waals surface area contributed by atoms with Crippen LogP contribution in [0.1, 0.15) is 0 Å². The highest BCUT2D eigenvalue weighted by atomic mass is 19.4. The minimum absolute atomic E-state index is 6.49. The van der Waals surface area contributed by atoms with Crippen LogP contribution in [0.5, 0.6) is 0 Å². The SMILES string of the molecule is FC(C(F)(F)C(F)(F)C(F)(F)F)C(F)(F)C(F)(F)C(F)(F)F. The zero-order valence-electron chi connectivity index (χ0n) is 9.25. The van der Waals surface area contributed by atoms with Crippen LogP contribution in [0, 0.1) is 0 Å². The van der Waals surface area contributed by atoms with E-state index in [2.05, 4.69) is 0 Å². The molecule has 0 nitrogen and oxygen atoms in total. The van der Waals surface area contributed by atoms with E-state index in [9.17, 15) is 65.9 Å². The van der Waals surface area contributed by atoms with Crippen molar-refractivity contribution >= 4 is 0 Å². The summed E-state index contributed by atoms with van der Waals surface area (Å²) in [4.78, 5) is 0. The lowest BCUT2D eigenvalue weighted by molar-refractivity contribution is -0.411. The fraction of sp³-hybridized carbons (Fsp3) is 1.00. The molecule has 0 fully saturated rings. The quantitative estimate of drug-likeness (QED) is 0.612. The number of hydrogen-bond acceptors (Lipinski definition) is 0. The van der Waals surface area contributed by atoms with Crippen molar-refractivity contribution < 1.29 is 65.9 Å². The van der Waals surface area contributed by atoms with Gasteiger partial charge >= 0.3 is 36.0 Å². The highest BCUT2D eigenvalue weighted by Gasteiger charge is 2.85. The van der Waals surface area contributed by atoms with Crippen molar-refractivity contribution in [1.82, 2.24) is 0 Å². The topological polar surface area (TPSA) is 0 Å². The van der Waals surface area contributed by atoms with Gasteiger partial charge in [-0.3, -0.25) is 0 Å². The molecule has 0 aromatic rings. The molecule has 0 unspecified atom stereocenters. The summed E-state index contributed by atoms with van der Waals surface area (Å²) in [5.74, 6) is -30.5. The van der Waals surface area contributed by atoms with Gasteiger partial charge in [0.25, 0.3) is 0 Å². The average Bonchev–Trinajstić information content (AvgIpc) is 2.24. The second-order valence-electron chi connectivity index (χ2n) is 3.75. The van der Waals surface area contributed by atoms with Gasteiger partial charge in [-0.05, 0) is 0 Å². The van der Waals surface area contributed by atoms with Gasteiger partial charge in [-0.2, -0.15) is 61.5 Å². The fourth-order valence-electron chi connectivity index (χ4n) is 0.924. The Labute approximate surface area is 109 Å². The van der Waals surface area contributed by atoms with Crippen LogP contribution in [-0.2, 0) is 0 Å². The van der Waals surface area contributed by atoms with Crippen LogP contribution in [0.25, 0.3) is 0 Å². The van der Waals surface area contributed by atoms with Crippen LogP contribution in [0.15, 0.2) is 0 Å². The molecule has 0 heterocycles. The van der Waals surface area contributed by atoms with E-state index in [1.807, 2.05) is 0 Å². The maximum absolute atomic E-state index is 12.6. The lowest BCUT2D eigenvalue weighted by Gasteiger charge is -2.36. The summed E-state index contributed by atoms with van der Waals surface area (Å²) in [5, 5.41) is 0. The van der Waals surface area contributed by atoms with Crippen LogP contribution in [0.4, 0.5) is 65.9 Å². The number of halogens is 15. The molecule has 0 saturated heterocycles. The third kappa shape index (κ3) is 2.77. The highest BCUT2D eigenvalue weighted by molar-refractivity contribution is 5.06. The Hall–Kier alpha value is -1.05. The van der Waals surface area contributed by atoms with E-state index in [4.69, 9.17) is 0 Å². The maximum atomic E-state index is 12.6. The van der Waals surface area contributed by atoms with Crippen molar-refractivity contribution in [2.45, 2.75) is 42.2 Å². The van der Waals surface area contributed by atoms with Crippen molar-refractivity contribution in [3.63, 3.8) is 0 Å². The van der Waals surface area contributed by atoms with Crippen LogP contribution < -0.4 is 0 Å². The van der Waals surface area contributed by atoms with Crippen molar-refractivity contribution in [3.8, 4) is 0 Å². The van der Waals surface area contributed by atoms with Gasteiger partial charge < -0.3 is 0 Å². The van der Waals surface area contributed by atoms with Gasteiger partial charge in [-0.1, -0.05) is 0 Å². The lowest BCUT2D eigenvalue weighted by Crippen LogP contribution is -2.66. The molecular weight excluding hydrogens is 369 g/mol. The Bertz CT molecular complexity index is 359. The smallest absolute Gasteiger partial charge is 0.234 e. The first kappa shape index (κ1) is 20.9. The summed E-state index contributed by atoms with van der Waals surface area (Å²) in [6.45, 7) is 0. The van der Waals surface area contributed by atoms with E-state index in [1.54, 1.807) is 0 Å². The summed E-state index contributed by atoms with van der Waals surface area (Å²) in [6.07, 6.45) is -21.3. The fourth-order valence-corrected chi connectivity index (χ4v) is 0.924. The predicted molar refractivity (Wildman–Crippen MR) is 36.8 cm³/mol. The summed E-state index contributed by atoms with van der Waals surface area (Å²) in [5.41, 5.74) is 0. The van der Waals surface area contributed by atoms with E-state index in [1.165, 1.54) is 0 Å². The predicted octanol–water partition coefficient (Wildman–Crippen LogP) is 4.99. The van der Waals surface area contributed by atoms with E-state index >= 15 is 0 Å². The molecular formula is C7HF15. The molecule has 0 rings (SSSR count). The molecule has 0 aliphatic rings. The van der Waals surface area contributed by atoms with Crippen molar-refractivity contribution in [1.29, 1.82) is 0 Å².